The molecule has 0 spiro atoms. The number of nitro groups is 1. The second kappa shape index (κ2) is 7.72. The summed E-state index contributed by atoms with van der Waals surface area (Å²) >= 11 is 3.02. The number of rotatable bonds is 6. The first-order valence-corrected chi connectivity index (χ1v) is 6.98. The van der Waals surface area contributed by atoms with Gasteiger partial charge in [0.05, 0.1) is 15.0 Å². The number of nitrogens with zero attached hydrogens (tertiary/aromatic N) is 1. The van der Waals surface area contributed by atoms with Crippen molar-refractivity contribution in [2.24, 2.45) is 5.92 Å². The van der Waals surface area contributed by atoms with Crippen LogP contribution in [0.1, 0.15) is 24.2 Å². The Kier molecular flexibility index (Phi) is 6.29. The van der Waals surface area contributed by atoms with Gasteiger partial charge in [-0.05, 0) is 34.0 Å². The molecular formula is C13H15BrN2O5. The number of nitrogens with one attached hydrogen (secondary N) is 1. The average molecular weight is 359 g/mol. The maximum absolute atomic E-state index is 11.7. The average Bonchev–Trinajstić information content (AvgIpc) is 2.42. The van der Waals surface area contributed by atoms with E-state index in [0.29, 0.717) is 12.5 Å². The van der Waals surface area contributed by atoms with Crippen LogP contribution in [0.25, 0.3) is 0 Å². The lowest BCUT2D eigenvalue weighted by Gasteiger charge is -2.08. The van der Waals surface area contributed by atoms with Gasteiger partial charge >= 0.3 is 5.97 Å². The zero-order valence-electron chi connectivity index (χ0n) is 11.6. The summed E-state index contributed by atoms with van der Waals surface area (Å²) in [5, 5.41) is 13.4. The van der Waals surface area contributed by atoms with Crippen molar-refractivity contribution in [1.82, 2.24) is 5.32 Å². The summed E-state index contributed by atoms with van der Waals surface area (Å²) in [4.78, 5) is 33.3. The molecule has 1 amide bonds. The van der Waals surface area contributed by atoms with Gasteiger partial charge in [0.1, 0.15) is 0 Å². The molecule has 1 aromatic rings. The molecule has 0 aliphatic heterocycles. The maximum Gasteiger partial charge on any atom is 0.338 e. The quantitative estimate of drug-likeness (QED) is 0.477. The number of nitro benzene ring substituents is 1. The summed E-state index contributed by atoms with van der Waals surface area (Å²) in [6, 6.07) is 3.86. The molecule has 21 heavy (non-hydrogen) atoms. The third kappa shape index (κ3) is 5.50. The molecule has 0 bridgehead atoms. The molecule has 0 atom stereocenters. The standard InChI is InChI=1S/C13H15BrN2O5/c1-8(2)6-15-12(17)7-21-13(18)9-3-4-10(14)11(5-9)16(19)20/h3-5,8H,6-7H2,1-2H3,(H,15,17). The number of ether oxygens (including phenoxy) is 1. The number of esters is 1. The molecule has 0 aliphatic rings. The number of amides is 1. The minimum absolute atomic E-state index is 0.0153. The van der Waals surface area contributed by atoms with Crippen molar-refractivity contribution in [3.63, 3.8) is 0 Å². The lowest BCUT2D eigenvalue weighted by Crippen LogP contribution is -2.31. The molecule has 0 saturated heterocycles. The molecule has 114 valence electrons. The van der Waals surface area contributed by atoms with Gasteiger partial charge in [0, 0.05) is 12.6 Å². The summed E-state index contributed by atoms with van der Waals surface area (Å²) in [5.74, 6) is -0.910. The van der Waals surface area contributed by atoms with E-state index in [1.807, 2.05) is 13.8 Å². The van der Waals surface area contributed by atoms with Gasteiger partial charge in [0.2, 0.25) is 0 Å². The zero-order chi connectivity index (χ0) is 16.0. The van der Waals surface area contributed by atoms with Crippen LogP contribution in [0.3, 0.4) is 0 Å². The number of benzene rings is 1. The van der Waals surface area contributed by atoms with E-state index in [1.165, 1.54) is 12.1 Å². The molecule has 0 heterocycles. The first kappa shape index (κ1) is 17.1. The van der Waals surface area contributed by atoms with Gasteiger partial charge in [-0.3, -0.25) is 14.9 Å². The second-order valence-corrected chi connectivity index (χ2v) is 5.55. The molecule has 1 aromatic carbocycles. The Labute approximate surface area is 129 Å². The van der Waals surface area contributed by atoms with Gasteiger partial charge in [-0.1, -0.05) is 13.8 Å². The van der Waals surface area contributed by atoms with Gasteiger partial charge in [-0.15, -0.1) is 0 Å². The maximum atomic E-state index is 11.7. The van der Waals surface area contributed by atoms with Crippen molar-refractivity contribution in [2.75, 3.05) is 13.2 Å². The molecule has 0 radical (unpaired) electrons. The number of hydrogen-bond donors (Lipinski definition) is 1. The van der Waals surface area contributed by atoms with E-state index in [1.54, 1.807) is 0 Å². The fourth-order valence-corrected chi connectivity index (χ4v) is 1.75. The van der Waals surface area contributed by atoms with Crippen molar-refractivity contribution < 1.29 is 19.2 Å². The van der Waals surface area contributed by atoms with E-state index in [2.05, 4.69) is 21.2 Å². The van der Waals surface area contributed by atoms with Crippen LogP contribution in [0.15, 0.2) is 22.7 Å². The monoisotopic (exact) mass is 358 g/mol. The SMILES string of the molecule is CC(C)CNC(=O)COC(=O)c1ccc(Br)c([N+](=O)[O-])c1. The highest BCUT2D eigenvalue weighted by Gasteiger charge is 2.17. The van der Waals surface area contributed by atoms with Crippen LogP contribution < -0.4 is 5.32 Å². The van der Waals surface area contributed by atoms with Crippen molar-refractivity contribution >= 4 is 33.5 Å². The molecule has 0 unspecified atom stereocenters. The van der Waals surface area contributed by atoms with E-state index in [9.17, 15) is 19.7 Å². The lowest BCUT2D eigenvalue weighted by molar-refractivity contribution is -0.385. The third-order valence-electron chi connectivity index (χ3n) is 2.42. The van der Waals surface area contributed by atoms with E-state index >= 15 is 0 Å². The summed E-state index contributed by atoms with van der Waals surface area (Å²) in [5.41, 5.74) is -0.227. The molecule has 0 saturated carbocycles. The van der Waals surface area contributed by atoms with E-state index in [4.69, 9.17) is 4.74 Å². The van der Waals surface area contributed by atoms with Crippen molar-refractivity contribution in [1.29, 1.82) is 0 Å². The smallest absolute Gasteiger partial charge is 0.338 e. The minimum atomic E-state index is -0.787. The predicted molar refractivity (Wildman–Crippen MR) is 78.9 cm³/mol. The van der Waals surface area contributed by atoms with E-state index in [0.717, 1.165) is 6.07 Å². The zero-order valence-corrected chi connectivity index (χ0v) is 13.2. The molecule has 0 fully saturated rings. The lowest BCUT2D eigenvalue weighted by atomic mass is 10.2. The molecule has 1 rings (SSSR count). The minimum Gasteiger partial charge on any atom is -0.452 e. The van der Waals surface area contributed by atoms with Crippen LogP contribution in [0, 0.1) is 16.0 Å². The Hall–Kier alpha value is -1.96. The predicted octanol–water partition coefficient (Wildman–Crippen LogP) is 2.29. The summed E-state index contributed by atoms with van der Waals surface area (Å²) in [6.07, 6.45) is 0. The summed E-state index contributed by atoms with van der Waals surface area (Å²) in [6.45, 7) is 3.94. The Balaban J connectivity index is 2.62. The number of carbonyl (C=O) groups excluding carboxylic acids is 2. The largest absolute Gasteiger partial charge is 0.452 e. The first-order chi connectivity index (χ1) is 9.81. The Bertz CT molecular complexity index is 559. The van der Waals surface area contributed by atoms with Crippen molar-refractivity contribution in [3.8, 4) is 0 Å². The number of hydrogen-bond acceptors (Lipinski definition) is 5. The number of halogens is 1. The van der Waals surface area contributed by atoms with Crippen molar-refractivity contribution in [3.05, 3.63) is 38.3 Å². The van der Waals surface area contributed by atoms with Gasteiger partial charge in [0.15, 0.2) is 6.61 Å². The summed E-state index contributed by atoms with van der Waals surface area (Å²) in [7, 11) is 0. The molecule has 0 aliphatic carbocycles. The highest BCUT2D eigenvalue weighted by atomic mass is 79.9. The van der Waals surface area contributed by atoms with Crippen LogP contribution >= 0.6 is 15.9 Å². The van der Waals surface area contributed by atoms with Crippen LogP contribution in [0.4, 0.5) is 5.69 Å². The third-order valence-corrected chi connectivity index (χ3v) is 3.09. The Morgan fingerprint density at radius 3 is 2.67 bits per heavy atom. The fraction of sp³-hybridized carbons (Fsp3) is 0.385. The van der Waals surface area contributed by atoms with Crippen LogP contribution in [0.5, 0.6) is 0 Å². The van der Waals surface area contributed by atoms with E-state index < -0.39 is 23.4 Å². The number of carbonyl (C=O) groups is 2. The van der Waals surface area contributed by atoms with Gasteiger partial charge < -0.3 is 10.1 Å². The van der Waals surface area contributed by atoms with Crippen LogP contribution in [-0.2, 0) is 9.53 Å². The van der Waals surface area contributed by atoms with Gasteiger partial charge in [0.25, 0.3) is 11.6 Å². The van der Waals surface area contributed by atoms with Crippen molar-refractivity contribution in [2.45, 2.75) is 13.8 Å². The van der Waals surface area contributed by atoms with Gasteiger partial charge in [-0.25, -0.2) is 4.79 Å². The fourth-order valence-electron chi connectivity index (χ4n) is 1.36. The van der Waals surface area contributed by atoms with Gasteiger partial charge in [-0.2, -0.15) is 0 Å². The molecule has 0 aromatic heterocycles. The highest BCUT2D eigenvalue weighted by Crippen LogP contribution is 2.25. The normalized spacial score (nSPS) is 10.3. The Morgan fingerprint density at radius 1 is 1.43 bits per heavy atom. The molecule has 7 nitrogen and oxygen atoms in total. The highest BCUT2D eigenvalue weighted by molar-refractivity contribution is 9.10. The second-order valence-electron chi connectivity index (χ2n) is 4.70. The molecular weight excluding hydrogens is 344 g/mol. The topological polar surface area (TPSA) is 98.5 Å². The van der Waals surface area contributed by atoms with Crippen LogP contribution in [-0.4, -0.2) is 30.0 Å². The Morgan fingerprint density at radius 2 is 2.10 bits per heavy atom. The van der Waals surface area contributed by atoms with E-state index in [-0.39, 0.29) is 15.7 Å². The molecule has 1 N–H and O–H groups in total. The first-order valence-electron chi connectivity index (χ1n) is 6.19. The summed E-state index contributed by atoms with van der Waals surface area (Å²) < 4.78 is 5.07. The van der Waals surface area contributed by atoms with Crippen LogP contribution in [0.2, 0.25) is 0 Å². The molecule has 8 heteroatoms.